The number of rotatable bonds is 2. The zero-order chi connectivity index (χ0) is 10.8. The van der Waals surface area contributed by atoms with Crippen LogP contribution in [-0.4, -0.2) is 5.78 Å². The highest BCUT2D eigenvalue weighted by Gasteiger charge is 2.10. The van der Waals surface area contributed by atoms with Crippen LogP contribution in [0.2, 0.25) is 0 Å². The van der Waals surface area contributed by atoms with Crippen molar-refractivity contribution in [2.75, 3.05) is 0 Å². The van der Waals surface area contributed by atoms with Crippen LogP contribution in [0.15, 0.2) is 45.7 Å². The fourth-order valence-electron chi connectivity index (χ4n) is 1.35. The number of carbonyl (C=O) groups excluding carboxylic acids is 1. The standard InChI is InChI=1S/C12H9BrO2/c1-8-6-9(2-3-11(8)13)12(14)10-4-5-15-7-10/h2-7H,1H3. The second-order valence-corrected chi connectivity index (χ2v) is 4.16. The van der Waals surface area contributed by atoms with E-state index in [0.29, 0.717) is 11.1 Å². The average Bonchev–Trinajstić information content (AvgIpc) is 2.74. The summed E-state index contributed by atoms with van der Waals surface area (Å²) in [5.41, 5.74) is 2.30. The Hall–Kier alpha value is -1.35. The summed E-state index contributed by atoms with van der Waals surface area (Å²) in [7, 11) is 0. The summed E-state index contributed by atoms with van der Waals surface area (Å²) in [5.74, 6) is -0.0145. The molecule has 0 saturated heterocycles. The molecular weight excluding hydrogens is 256 g/mol. The normalized spacial score (nSPS) is 10.3. The van der Waals surface area contributed by atoms with Crippen molar-refractivity contribution in [3.8, 4) is 0 Å². The number of hydrogen-bond donors (Lipinski definition) is 0. The molecule has 76 valence electrons. The van der Waals surface area contributed by atoms with Crippen molar-refractivity contribution >= 4 is 21.7 Å². The molecule has 0 atom stereocenters. The third kappa shape index (κ3) is 2.02. The minimum Gasteiger partial charge on any atom is -0.472 e. The van der Waals surface area contributed by atoms with Gasteiger partial charge in [0.1, 0.15) is 6.26 Å². The highest BCUT2D eigenvalue weighted by Crippen LogP contribution is 2.19. The molecule has 2 nitrogen and oxygen atoms in total. The van der Waals surface area contributed by atoms with Gasteiger partial charge in [0.05, 0.1) is 11.8 Å². The molecule has 0 unspecified atom stereocenters. The largest absolute Gasteiger partial charge is 0.472 e. The van der Waals surface area contributed by atoms with Gasteiger partial charge in [0.15, 0.2) is 5.78 Å². The van der Waals surface area contributed by atoms with E-state index in [-0.39, 0.29) is 5.78 Å². The van der Waals surface area contributed by atoms with E-state index >= 15 is 0 Å². The van der Waals surface area contributed by atoms with Crippen LogP contribution in [0.1, 0.15) is 21.5 Å². The lowest BCUT2D eigenvalue weighted by Gasteiger charge is -2.01. The number of furan rings is 1. The van der Waals surface area contributed by atoms with Gasteiger partial charge < -0.3 is 4.42 Å². The van der Waals surface area contributed by atoms with Gasteiger partial charge in [-0.05, 0) is 36.8 Å². The highest BCUT2D eigenvalue weighted by molar-refractivity contribution is 9.10. The van der Waals surface area contributed by atoms with Crippen LogP contribution in [0.25, 0.3) is 0 Å². The Labute approximate surface area is 96.0 Å². The zero-order valence-electron chi connectivity index (χ0n) is 8.16. The molecule has 15 heavy (non-hydrogen) atoms. The third-order valence-electron chi connectivity index (χ3n) is 2.20. The average molecular weight is 265 g/mol. The van der Waals surface area contributed by atoms with Crippen molar-refractivity contribution in [2.24, 2.45) is 0 Å². The number of benzene rings is 1. The first kappa shape index (κ1) is 10.2. The first-order valence-electron chi connectivity index (χ1n) is 4.51. The summed E-state index contributed by atoms with van der Waals surface area (Å²) in [6.45, 7) is 1.95. The molecule has 0 aliphatic heterocycles. The zero-order valence-corrected chi connectivity index (χ0v) is 9.74. The molecule has 0 N–H and O–H groups in total. The van der Waals surface area contributed by atoms with E-state index in [4.69, 9.17) is 4.42 Å². The van der Waals surface area contributed by atoms with Crippen LogP contribution in [-0.2, 0) is 0 Å². The topological polar surface area (TPSA) is 30.2 Å². The molecule has 0 saturated carbocycles. The second kappa shape index (κ2) is 4.03. The van der Waals surface area contributed by atoms with Crippen molar-refractivity contribution in [2.45, 2.75) is 6.92 Å². The first-order chi connectivity index (χ1) is 7.18. The van der Waals surface area contributed by atoms with Gasteiger partial charge >= 0.3 is 0 Å². The molecule has 0 spiro atoms. The van der Waals surface area contributed by atoms with Gasteiger partial charge in [0.25, 0.3) is 0 Å². The predicted octanol–water partition coefficient (Wildman–Crippen LogP) is 3.58. The van der Waals surface area contributed by atoms with Gasteiger partial charge in [0, 0.05) is 10.0 Å². The van der Waals surface area contributed by atoms with Crippen molar-refractivity contribution in [1.82, 2.24) is 0 Å². The maximum Gasteiger partial charge on any atom is 0.196 e. The summed E-state index contributed by atoms with van der Waals surface area (Å²) in [4.78, 5) is 11.9. The highest BCUT2D eigenvalue weighted by atomic mass is 79.9. The molecule has 0 aliphatic rings. The molecule has 3 heteroatoms. The Morgan fingerprint density at radius 3 is 2.67 bits per heavy atom. The van der Waals surface area contributed by atoms with E-state index in [2.05, 4.69) is 15.9 Å². The van der Waals surface area contributed by atoms with Crippen LogP contribution in [0.4, 0.5) is 0 Å². The van der Waals surface area contributed by atoms with E-state index < -0.39 is 0 Å². The number of hydrogen-bond acceptors (Lipinski definition) is 2. The van der Waals surface area contributed by atoms with Gasteiger partial charge in [-0.25, -0.2) is 0 Å². The molecule has 1 aromatic carbocycles. The summed E-state index contributed by atoms with van der Waals surface area (Å²) in [6.07, 6.45) is 2.96. The molecule has 0 amide bonds. The molecule has 2 rings (SSSR count). The van der Waals surface area contributed by atoms with Gasteiger partial charge in [-0.15, -0.1) is 0 Å². The number of ketones is 1. The van der Waals surface area contributed by atoms with E-state index in [9.17, 15) is 4.79 Å². The van der Waals surface area contributed by atoms with Gasteiger partial charge in [-0.1, -0.05) is 15.9 Å². The summed E-state index contributed by atoms with van der Waals surface area (Å²) < 4.78 is 5.89. The van der Waals surface area contributed by atoms with E-state index in [0.717, 1.165) is 10.0 Å². The fourth-order valence-corrected chi connectivity index (χ4v) is 1.59. The Balaban J connectivity index is 2.39. The minimum atomic E-state index is -0.0145. The molecule has 1 heterocycles. The smallest absolute Gasteiger partial charge is 0.196 e. The fraction of sp³-hybridized carbons (Fsp3) is 0.0833. The summed E-state index contributed by atoms with van der Waals surface area (Å²) >= 11 is 3.40. The molecule has 1 aromatic heterocycles. The van der Waals surface area contributed by atoms with Crippen molar-refractivity contribution < 1.29 is 9.21 Å². The van der Waals surface area contributed by atoms with Crippen LogP contribution in [0.3, 0.4) is 0 Å². The lowest BCUT2D eigenvalue weighted by Crippen LogP contribution is -1.99. The minimum absolute atomic E-state index is 0.0145. The molecular formula is C12H9BrO2. The number of carbonyl (C=O) groups is 1. The Morgan fingerprint density at radius 2 is 2.07 bits per heavy atom. The predicted molar refractivity (Wildman–Crippen MR) is 61.0 cm³/mol. The maximum atomic E-state index is 11.9. The van der Waals surface area contributed by atoms with Crippen LogP contribution < -0.4 is 0 Å². The molecule has 2 aromatic rings. The Bertz CT molecular complexity index is 486. The third-order valence-corrected chi connectivity index (χ3v) is 3.09. The molecule has 0 fully saturated rings. The summed E-state index contributed by atoms with van der Waals surface area (Å²) in [5, 5.41) is 0. The van der Waals surface area contributed by atoms with E-state index in [1.165, 1.54) is 12.5 Å². The SMILES string of the molecule is Cc1cc(C(=O)c2ccoc2)ccc1Br. The van der Waals surface area contributed by atoms with Crippen LogP contribution in [0.5, 0.6) is 0 Å². The van der Waals surface area contributed by atoms with Gasteiger partial charge in [0.2, 0.25) is 0 Å². The van der Waals surface area contributed by atoms with Crippen molar-refractivity contribution in [3.05, 3.63) is 58.0 Å². The quantitative estimate of drug-likeness (QED) is 0.777. The number of aryl methyl sites for hydroxylation is 1. The molecule has 0 radical (unpaired) electrons. The lowest BCUT2D eigenvalue weighted by molar-refractivity contribution is 0.103. The molecule has 0 aliphatic carbocycles. The number of halogens is 1. The Kier molecular flexibility index (Phi) is 2.73. The summed E-state index contributed by atoms with van der Waals surface area (Å²) in [6, 6.07) is 7.20. The van der Waals surface area contributed by atoms with E-state index in [1.54, 1.807) is 12.1 Å². The second-order valence-electron chi connectivity index (χ2n) is 3.31. The van der Waals surface area contributed by atoms with Gasteiger partial charge in [-0.2, -0.15) is 0 Å². The van der Waals surface area contributed by atoms with Crippen LogP contribution >= 0.6 is 15.9 Å². The van der Waals surface area contributed by atoms with E-state index in [1.807, 2.05) is 19.1 Å². The van der Waals surface area contributed by atoms with Crippen LogP contribution in [0, 0.1) is 6.92 Å². The van der Waals surface area contributed by atoms with Crippen molar-refractivity contribution in [3.63, 3.8) is 0 Å². The van der Waals surface area contributed by atoms with Gasteiger partial charge in [-0.3, -0.25) is 4.79 Å². The van der Waals surface area contributed by atoms with Crippen molar-refractivity contribution in [1.29, 1.82) is 0 Å². The molecule has 0 bridgehead atoms. The maximum absolute atomic E-state index is 11.9. The monoisotopic (exact) mass is 264 g/mol. The first-order valence-corrected chi connectivity index (χ1v) is 5.31. The lowest BCUT2D eigenvalue weighted by atomic mass is 10.0. The Morgan fingerprint density at radius 1 is 1.27 bits per heavy atom.